The molecule has 7 heteroatoms. The summed E-state index contributed by atoms with van der Waals surface area (Å²) in [5.74, 6) is 1.46. The summed E-state index contributed by atoms with van der Waals surface area (Å²) in [6.45, 7) is 0.580. The first-order valence-corrected chi connectivity index (χ1v) is 7.17. The second kappa shape index (κ2) is 6.13. The van der Waals surface area contributed by atoms with Crippen molar-refractivity contribution in [2.24, 2.45) is 0 Å². The summed E-state index contributed by atoms with van der Waals surface area (Å²) in [6, 6.07) is 5.40. The molecule has 0 radical (unpaired) electrons. The number of H-pyrrole nitrogens is 1. The van der Waals surface area contributed by atoms with E-state index in [1.807, 2.05) is 6.07 Å². The second-order valence-electron chi connectivity index (χ2n) is 4.89. The van der Waals surface area contributed by atoms with Crippen molar-refractivity contribution in [3.63, 3.8) is 0 Å². The molecule has 0 aliphatic carbocycles. The maximum absolute atomic E-state index is 12.1. The summed E-state index contributed by atoms with van der Waals surface area (Å²) < 4.78 is 5.63. The molecule has 0 saturated heterocycles. The first-order valence-electron chi connectivity index (χ1n) is 6.79. The highest BCUT2D eigenvalue weighted by atomic mass is 35.5. The van der Waals surface area contributed by atoms with Crippen LogP contribution in [0.1, 0.15) is 17.8 Å². The van der Waals surface area contributed by atoms with E-state index in [0.717, 1.165) is 30.0 Å². The lowest BCUT2D eigenvalue weighted by molar-refractivity contribution is -0.127. The van der Waals surface area contributed by atoms with Crippen LogP contribution in [-0.4, -0.2) is 33.7 Å². The standard InChI is InChI=1S/C14H15ClN4O2/c15-10-3-4-11-9(6-10)7-12(21-11)14(20)16-5-1-2-13-17-8-18-19-13/h3-4,6,8,12H,1-2,5,7H2,(H,16,20)(H,17,18,19). The number of aromatic amines is 1. The van der Waals surface area contributed by atoms with Crippen LogP contribution in [0.3, 0.4) is 0 Å². The molecule has 1 amide bonds. The molecule has 1 atom stereocenters. The minimum Gasteiger partial charge on any atom is -0.480 e. The van der Waals surface area contributed by atoms with Gasteiger partial charge in [0.2, 0.25) is 0 Å². The summed E-state index contributed by atoms with van der Waals surface area (Å²) in [5, 5.41) is 10.1. The van der Waals surface area contributed by atoms with Crippen LogP contribution in [0.2, 0.25) is 5.02 Å². The van der Waals surface area contributed by atoms with Gasteiger partial charge in [-0.3, -0.25) is 9.89 Å². The number of halogens is 1. The van der Waals surface area contributed by atoms with Gasteiger partial charge in [-0.1, -0.05) is 11.6 Å². The van der Waals surface area contributed by atoms with Crippen LogP contribution in [0, 0.1) is 0 Å². The fourth-order valence-electron chi connectivity index (χ4n) is 2.30. The highest BCUT2D eigenvalue weighted by Gasteiger charge is 2.28. The Bertz CT molecular complexity index is 630. The van der Waals surface area contributed by atoms with Crippen LogP contribution in [-0.2, 0) is 17.6 Å². The van der Waals surface area contributed by atoms with Gasteiger partial charge in [0, 0.05) is 24.4 Å². The molecule has 1 unspecified atom stereocenters. The average Bonchev–Trinajstić information content (AvgIpc) is 3.11. The molecule has 0 fully saturated rings. The number of hydrogen-bond donors (Lipinski definition) is 2. The number of carbonyl (C=O) groups excluding carboxylic acids is 1. The van der Waals surface area contributed by atoms with Gasteiger partial charge in [-0.05, 0) is 30.2 Å². The summed E-state index contributed by atoms with van der Waals surface area (Å²) in [4.78, 5) is 16.1. The number of ether oxygens (including phenoxy) is 1. The van der Waals surface area contributed by atoms with E-state index < -0.39 is 6.10 Å². The lowest BCUT2D eigenvalue weighted by atomic mass is 10.1. The third-order valence-corrected chi connectivity index (χ3v) is 3.58. The maximum Gasteiger partial charge on any atom is 0.261 e. The highest BCUT2D eigenvalue weighted by molar-refractivity contribution is 6.30. The van der Waals surface area contributed by atoms with E-state index in [2.05, 4.69) is 20.5 Å². The first kappa shape index (κ1) is 13.9. The number of aryl methyl sites for hydroxylation is 1. The Morgan fingerprint density at radius 2 is 2.43 bits per heavy atom. The van der Waals surface area contributed by atoms with Gasteiger partial charge in [0.1, 0.15) is 17.9 Å². The molecular weight excluding hydrogens is 292 g/mol. The normalized spacial score (nSPS) is 16.3. The molecule has 1 aromatic carbocycles. The van der Waals surface area contributed by atoms with Crippen LogP contribution < -0.4 is 10.1 Å². The van der Waals surface area contributed by atoms with Gasteiger partial charge in [0.15, 0.2) is 6.10 Å². The van der Waals surface area contributed by atoms with Gasteiger partial charge in [0.05, 0.1) is 0 Å². The van der Waals surface area contributed by atoms with Crippen LogP contribution in [0.25, 0.3) is 0 Å². The minimum absolute atomic E-state index is 0.0973. The lowest BCUT2D eigenvalue weighted by Crippen LogP contribution is -2.38. The third kappa shape index (κ3) is 3.33. The van der Waals surface area contributed by atoms with Crippen LogP contribution in [0.4, 0.5) is 0 Å². The van der Waals surface area contributed by atoms with Crippen molar-refractivity contribution < 1.29 is 9.53 Å². The molecule has 1 aliphatic rings. The maximum atomic E-state index is 12.1. The van der Waals surface area contributed by atoms with Crippen molar-refractivity contribution in [3.8, 4) is 5.75 Å². The van der Waals surface area contributed by atoms with Gasteiger partial charge in [-0.2, -0.15) is 5.10 Å². The highest BCUT2D eigenvalue weighted by Crippen LogP contribution is 2.31. The smallest absolute Gasteiger partial charge is 0.261 e. The minimum atomic E-state index is -0.469. The van der Waals surface area contributed by atoms with Crippen molar-refractivity contribution in [1.82, 2.24) is 20.5 Å². The van der Waals surface area contributed by atoms with Crippen molar-refractivity contribution in [2.45, 2.75) is 25.4 Å². The second-order valence-corrected chi connectivity index (χ2v) is 5.33. The molecule has 21 heavy (non-hydrogen) atoms. The fourth-order valence-corrected chi connectivity index (χ4v) is 2.49. The Labute approximate surface area is 126 Å². The molecule has 0 spiro atoms. The number of nitrogens with zero attached hydrogens (tertiary/aromatic N) is 2. The molecule has 0 saturated carbocycles. The lowest BCUT2D eigenvalue weighted by Gasteiger charge is -2.10. The van der Waals surface area contributed by atoms with Gasteiger partial charge >= 0.3 is 0 Å². The molecule has 6 nitrogen and oxygen atoms in total. The number of nitrogens with one attached hydrogen (secondary N) is 2. The number of rotatable bonds is 5. The zero-order valence-electron chi connectivity index (χ0n) is 11.3. The Kier molecular flexibility index (Phi) is 4.06. The number of carbonyl (C=O) groups is 1. The summed E-state index contributed by atoms with van der Waals surface area (Å²) >= 11 is 5.93. The number of benzene rings is 1. The van der Waals surface area contributed by atoms with Crippen molar-refractivity contribution in [3.05, 3.63) is 40.9 Å². The Balaban J connectivity index is 1.45. The van der Waals surface area contributed by atoms with Gasteiger partial charge < -0.3 is 10.1 Å². The molecule has 2 heterocycles. The van der Waals surface area contributed by atoms with E-state index in [-0.39, 0.29) is 5.91 Å². The molecule has 2 N–H and O–H groups in total. The fraction of sp³-hybridized carbons (Fsp3) is 0.357. The van der Waals surface area contributed by atoms with Crippen LogP contribution in [0.5, 0.6) is 5.75 Å². The predicted molar refractivity (Wildman–Crippen MR) is 77.3 cm³/mol. The van der Waals surface area contributed by atoms with E-state index in [1.54, 1.807) is 12.1 Å². The SMILES string of the molecule is O=C(NCCCc1ncn[nH]1)C1Cc2cc(Cl)ccc2O1. The number of amides is 1. The van der Waals surface area contributed by atoms with E-state index >= 15 is 0 Å². The quantitative estimate of drug-likeness (QED) is 0.821. The zero-order valence-corrected chi connectivity index (χ0v) is 12.1. The zero-order chi connectivity index (χ0) is 14.7. The Hall–Kier alpha value is -2.08. The summed E-state index contributed by atoms with van der Waals surface area (Å²) in [6.07, 6.45) is 3.12. The van der Waals surface area contributed by atoms with Gasteiger partial charge in [-0.15, -0.1) is 0 Å². The average molecular weight is 307 g/mol. The van der Waals surface area contributed by atoms with Crippen molar-refractivity contribution in [2.75, 3.05) is 6.54 Å². The molecule has 110 valence electrons. The first-order chi connectivity index (χ1) is 10.2. The van der Waals surface area contributed by atoms with E-state index in [0.29, 0.717) is 18.0 Å². The Morgan fingerprint density at radius 3 is 3.24 bits per heavy atom. The number of fused-ring (bicyclic) bond motifs is 1. The van der Waals surface area contributed by atoms with Gasteiger partial charge in [-0.25, -0.2) is 4.98 Å². The summed E-state index contributed by atoms with van der Waals surface area (Å²) in [7, 11) is 0. The predicted octanol–water partition coefficient (Wildman–Crippen LogP) is 1.51. The number of aromatic nitrogens is 3. The van der Waals surface area contributed by atoms with Crippen molar-refractivity contribution in [1.29, 1.82) is 0 Å². The Morgan fingerprint density at radius 1 is 1.52 bits per heavy atom. The molecular formula is C14H15ClN4O2. The largest absolute Gasteiger partial charge is 0.480 e. The topological polar surface area (TPSA) is 79.9 Å². The van der Waals surface area contributed by atoms with Gasteiger partial charge in [0.25, 0.3) is 5.91 Å². The molecule has 3 rings (SSSR count). The molecule has 2 aromatic rings. The van der Waals surface area contributed by atoms with E-state index in [9.17, 15) is 4.79 Å². The van der Waals surface area contributed by atoms with Crippen molar-refractivity contribution >= 4 is 17.5 Å². The van der Waals surface area contributed by atoms with E-state index in [1.165, 1.54) is 6.33 Å². The molecule has 1 aromatic heterocycles. The van der Waals surface area contributed by atoms with E-state index in [4.69, 9.17) is 16.3 Å². The van der Waals surface area contributed by atoms with Crippen LogP contribution in [0.15, 0.2) is 24.5 Å². The molecule has 1 aliphatic heterocycles. The van der Waals surface area contributed by atoms with Crippen LogP contribution >= 0.6 is 11.6 Å². The molecule has 0 bridgehead atoms. The third-order valence-electron chi connectivity index (χ3n) is 3.34. The number of hydrogen-bond acceptors (Lipinski definition) is 4. The monoisotopic (exact) mass is 306 g/mol. The summed E-state index contributed by atoms with van der Waals surface area (Å²) in [5.41, 5.74) is 0.976.